The van der Waals surface area contributed by atoms with Gasteiger partial charge in [0.15, 0.2) is 0 Å². The van der Waals surface area contributed by atoms with Gasteiger partial charge in [0, 0.05) is 24.0 Å². The number of nitrogens with zero attached hydrogens (tertiary/aromatic N) is 1. The van der Waals surface area contributed by atoms with E-state index in [-0.39, 0.29) is 6.04 Å². The largest absolute Gasteiger partial charge is 0.386 e. The van der Waals surface area contributed by atoms with Gasteiger partial charge in [-0.3, -0.25) is 0 Å². The van der Waals surface area contributed by atoms with Crippen molar-refractivity contribution in [2.45, 2.75) is 39.8 Å². The quantitative estimate of drug-likeness (QED) is 0.732. The zero-order valence-corrected chi connectivity index (χ0v) is 13.4. The maximum absolute atomic E-state index is 10.5. The molecule has 0 aliphatic carbocycles. The number of likely N-dealkylation sites (N-methyl/N-ethyl adjacent to an activating group) is 1. The molecule has 0 radical (unpaired) electrons. The SMILES string of the molecule is CCN(CC)CCNC(C(C)C)C(O)c1cccs1. The maximum Gasteiger partial charge on any atom is 0.104 e. The van der Waals surface area contributed by atoms with Gasteiger partial charge in [-0.25, -0.2) is 0 Å². The molecule has 1 rings (SSSR count). The summed E-state index contributed by atoms with van der Waals surface area (Å²) in [5, 5.41) is 16.0. The van der Waals surface area contributed by atoms with Crippen molar-refractivity contribution < 1.29 is 5.11 Å². The number of aliphatic hydroxyl groups is 1. The van der Waals surface area contributed by atoms with Crippen LogP contribution >= 0.6 is 11.3 Å². The molecule has 1 heterocycles. The van der Waals surface area contributed by atoms with Gasteiger partial charge < -0.3 is 15.3 Å². The molecule has 0 fully saturated rings. The smallest absolute Gasteiger partial charge is 0.104 e. The van der Waals surface area contributed by atoms with Crippen LogP contribution < -0.4 is 5.32 Å². The van der Waals surface area contributed by atoms with Crippen molar-refractivity contribution in [2.24, 2.45) is 5.92 Å². The second-order valence-corrected chi connectivity index (χ2v) is 6.19. The zero-order valence-electron chi connectivity index (χ0n) is 12.6. The van der Waals surface area contributed by atoms with E-state index in [4.69, 9.17) is 0 Å². The normalized spacial score (nSPS) is 15.1. The van der Waals surface area contributed by atoms with E-state index < -0.39 is 6.10 Å². The Labute approximate surface area is 121 Å². The highest BCUT2D eigenvalue weighted by Crippen LogP contribution is 2.25. The minimum absolute atomic E-state index is 0.120. The Morgan fingerprint density at radius 2 is 2.00 bits per heavy atom. The van der Waals surface area contributed by atoms with Crippen molar-refractivity contribution in [3.05, 3.63) is 22.4 Å². The number of nitrogens with one attached hydrogen (secondary N) is 1. The lowest BCUT2D eigenvalue weighted by Gasteiger charge is -2.28. The van der Waals surface area contributed by atoms with E-state index >= 15 is 0 Å². The molecule has 2 N–H and O–H groups in total. The lowest BCUT2D eigenvalue weighted by atomic mass is 9.97. The van der Waals surface area contributed by atoms with Gasteiger partial charge >= 0.3 is 0 Å². The topological polar surface area (TPSA) is 35.5 Å². The monoisotopic (exact) mass is 284 g/mol. The standard InChI is InChI=1S/C15H28N2OS/c1-5-17(6-2)10-9-16-14(12(3)4)15(18)13-8-7-11-19-13/h7-8,11-12,14-16,18H,5-6,9-10H2,1-4H3. The van der Waals surface area contributed by atoms with E-state index in [9.17, 15) is 5.11 Å². The van der Waals surface area contributed by atoms with Gasteiger partial charge in [0.1, 0.15) is 6.10 Å². The van der Waals surface area contributed by atoms with Crippen molar-refractivity contribution in [1.82, 2.24) is 10.2 Å². The van der Waals surface area contributed by atoms with Crippen LogP contribution in [0.5, 0.6) is 0 Å². The predicted molar refractivity (Wildman–Crippen MR) is 83.7 cm³/mol. The summed E-state index contributed by atoms with van der Waals surface area (Å²) in [5.41, 5.74) is 0. The van der Waals surface area contributed by atoms with E-state index in [0.29, 0.717) is 5.92 Å². The summed E-state index contributed by atoms with van der Waals surface area (Å²) in [7, 11) is 0. The van der Waals surface area contributed by atoms with Gasteiger partial charge in [-0.15, -0.1) is 11.3 Å². The van der Waals surface area contributed by atoms with Crippen LogP contribution in [0, 0.1) is 5.92 Å². The Morgan fingerprint density at radius 1 is 1.32 bits per heavy atom. The highest BCUT2D eigenvalue weighted by molar-refractivity contribution is 7.10. The molecule has 0 spiro atoms. The first-order valence-corrected chi connectivity index (χ1v) is 8.15. The van der Waals surface area contributed by atoms with Crippen molar-refractivity contribution in [3.8, 4) is 0 Å². The fourth-order valence-electron chi connectivity index (χ4n) is 2.28. The number of rotatable bonds is 9. The van der Waals surface area contributed by atoms with Crippen LogP contribution in [0.1, 0.15) is 38.7 Å². The maximum atomic E-state index is 10.5. The number of thiophene rings is 1. The van der Waals surface area contributed by atoms with Crippen LogP contribution in [0.4, 0.5) is 0 Å². The minimum Gasteiger partial charge on any atom is -0.386 e. The van der Waals surface area contributed by atoms with Crippen molar-refractivity contribution in [1.29, 1.82) is 0 Å². The molecule has 0 bridgehead atoms. The average molecular weight is 284 g/mol. The second kappa shape index (κ2) is 8.69. The van der Waals surface area contributed by atoms with Gasteiger partial charge in [-0.2, -0.15) is 0 Å². The molecule has 0 aliphatic heterocycles. The summed E-state index contributed by atoms with van der Waals surface area (Å²) in [5.74, 6) is 0.411. The third-order valence-electron chi connectivity index (χ3n) is 3.60. The van der Waals surface area contributed by atoms with Crippen molar-refractivity contribution >= 4 is 11.3 Å². The highest BCUT2D eigenvalue weighted by atomic mass is 32.1. The summed E-state index contributed by atoms with van der Waals surface area (Å²) in [6.45, 7) is 12.8. The molecule has 1 aromatic rings. The zero-order chi connectivity index (χ0) is 14.3. The molecule has 0 saturated heterocycles. The molecule has 2 atom stereocenters. The third-order valence-corrected chi connectivity index (χ3v) is 4.54. The molecule has 1 aromatic heterocycles. The molecule has 3 nitrogen and oxygen atoms in total. The van der Waals surface area contributed by atoms with Gasteiger partial charge in [-0.05, 0) is 30.5 Å². The third kappa shape index (κ3) is 5.22. The fourth-order valence-corrected chi connectivity index (χ4v) is 3.04. The molecule has 0 amide bonds. The Balaban J connectivity index is 2.49. The first-order valence-electron chi connectivity index (χ1n) is 7.27. The molecular weight excluding hydrogens is 256 g/mol. The molecule has 2 unspecified atom stereocenters. The van der Waals surface area contributed by atoms with Crippen LogP contribution in [-0.2, 0) is 0 Å². The second-order valence-electron chi connectivity index (χ2n) is 5.21. The fraction of sp³-hybridized carbons (Fsp3) is 0.733. The molecule has 0 saturated carbocycles. The Kier molecular flexibility index (Phi) is 7.61. The molecule has 19 heavy (non-hydrogen) atoms. The minimum atomic E-state index is -0.406. The number of aliphatic hydroxyl groups excluding tert-OH is 1. The molecule has 0 aromatic carbocycles. The molecule has 110 valence electrons. The van der Waals surface area contributed by atoms with E-state index in [1.807, 2.05) is 17.5 Å². The summed E-state index contributed by atoms with van der Waals surface area (Å²) in [4.78, 5) is 3.44. The van der Waals surface area contributed by atoms with Gasteiger partial charge in [0.05, 0.1) is 0 Å². The van der Waals surface area contributed by atoms with Crippen LogP contribution in [0.25, 0.3) is 0 Å². The number of hydrogen-bond acceptors (Lipinski definition) is 4. The molecular formula is C15H28N2OS. The summed E-state index contributed by atoms with van der Waals surface area (Å²) in [6, 6.07) is 4.13. The van der Waals surface area contributed by atoms with E-state index in [1.165, 1.54) is 0 Å². The lowest BCUT2D eigenvalue weighted by molar-refractivity contribution is 0.106. The lowest BCUT2D eigenvalue weighted by Crippen LogP contribution is -2.43. The van der Waals surface area contributed by atoms with Crippen molar-refractivity contribution in [2.75, 3.05) is 26.2 Å². The van der Waals surface area contributed by atoms with Crippen molar-refractivity contribution in [3.63, 3.8) is 0 Å². The summed E-state index contributed by atoms with van der Waals surface area (Å²) < 4.78 is 0. The van der Waals surface area contributed by atoms with E-state index in [2.05, 4.69) is 37.9 Å². The van der Waals surface area contributed by atoms with Gasteiger partial charge in [0.25, 0.3) is 0 Å². The average Bonchev–Trinajstić information content (AvgIpc) is 2.92. The Morgan fingerprint density at radius 3 is 2.47 bits per heavy atom. The van der Waals surface area contributed by atoms with Gasteiger partial charge in [0.2, 0.25) is 0 Å². The molecule has 0 aliphatic rings. The number of hydrogen-bond donors (Lipinski definition) is 2. The highest BCUT2D eigenvalue weighted by Gasteiger charge is 2.24. The Hall–Kier alpha value is -0.420. The summed E-state index contributed by atoms with van der Waals surface area (Å²) >= 11 is 1.63. The first-order chi connectivity index (χ1) is 9.10. The van der Waals surface area contributed by atoms with E-state index in [0.717, 1.165) is 31.1 Å². The van der Waals surface area contributed by atoms with Crippen LogP contribution in [0.3, 0.4) is 0 Å². The Bertz CT molecular complexity index is 323. The first kappa shape index (κ1) is 16.6. The predicted octanol–water partition coefficient (Wildman–Crippen LogP) is 2.74. The van der Waals surface area contributed by atoms with Gasteiger partial charge in [-0.1, -0.05) is 33.8 Å². The molecule has 4 heteroatoms. The van der Waals surface area contributed by atoms with Crippen LogP contribution in [0.2, 0.25) is 0 Å². The van der Waals surface area contributed by atoms with Crippen LogP contribution in [0.15, 0.2) is 17.5 Å². The summed E-state index contributed by atoms with van der Waals surface area (Å²) in [6.07, 6.45) is -0.406. The van der Waals surface area contributed by atoms with E-state index in [1.54, 1.807) is 11.3 Å². The van der Waals surface area contributed by atoms with Crippen LogP contribution in [-0.4, -0.2) is 42.2 Å².